The largest absolute Gasteiger partial charge is 0.322 e. The maximum absolute atomic E-state index is 12.2. The number of nitrogens with zero attached hydrogens (tertiary/aromatic N) is 1. The molecule has 104 valence electrons. The fourth-order valence-electron chi connectivity index (χ4n) is 2.60. The van der Waals surface area contributed by atoms with Crippen LogP contribution < -0.4 is 10.3 Å². The summed E-state index contributed by atoms with van der Waals surface area (Å²) in [5, 5.41) is 2.22. The standard InChI is InChI=1S/C13H11FN2O4/c14-20-8-1-2-9-7(5-8)6-16(13(9)19)10-3-4-11(17)15-12(10)18/h1-2,5,10H,3-4,6H2,(H,15,17,18). The number of rotatable bonds is 2. The van der Waals surface area contributed by atoms with Crippen LogP contribution in [0, 0.1) is 0 Å². The topological polar surface area (TPSA) is 75.7 Å². The number of piperidine rings is 1. The smallest absolute Gasteiger partial charge is 0.255 e. The molecular formula is C13H11FN2O4. The molecule has 0 aliphatic carbocycles. The molecule has 3 amide bonds. The number of carbonyl (C=O) groups is 3. The number of hydrogen-bond donors (Lipinski definition) is 1. The van der Waals surface area contributed by atoms with Crippen molar-refractivity contribution in [1.82, 2.24) is 10.2 Å². The Kier molecular flexibility index (Phi) is 2.89. The van der Waals surface area contributed by atoms with Crippen LogP contribution in [0.2, 0.25) is 0 Å². The Morgan fingerprint density at radius 2 is 2.10 bits per heavy atom. The minimum atomic E-state index is -0.664. The van der Waals surface area contributed by atoms with Crippen molar-refractivity contribution in [2.24, 2.45) is 0 Å². The molecule has 7 heteroatoms. The van der Waals surface area contributed by atoms with Crippen molar-refractivity contribution in [2.45, 2.75) is 25.4 Å². The normalized spacial score (nSPS) is 21.8. The van der Waals surface area contributed by atoms with Gasteiger partial charge in [-0.2, -0.15) is 0 Å². The quantitative estimate of drug-likeness (QED) is 0.808. The highest BCUT2D eigenvalue weighted by molar-refractivity contribution is 6.05. The van der Waals surface area contributed by atoms with E-state index < -0.39 is 11.9 Å². The summed E-state index contributed by atoms with van der Waals surface area (Å²) in [7, 11) is 0. The number of imide groups is 1. The molecule has 1 aromatic carbocycles. The van der Waals surface area contributed by atoms with E-state index in [2.05, 4.69) is 10.3 Å². The number of halogens is 1. The van der Waals surface area contributed by atoms with Gasteiger partial charge in [-0.15, -0.1) is 0 Å². The van der Waals surface area contributed by atoms with Crippen molar-refractivity contribution in [3.63, 3.8) is 0 Å². The summed E-state index contributed by atoms with van der Waals surface area (Å²) in [6.07, 6.45) is 0.506. The molecule has 20 heavy (non-hydrogen) atoms. The molecule has 0 saturated carbocycles. The highest BCUT2D eigenvalue weighted by Crippen LogP contribution is 2.30. The SMILES string of the molecule is O=C1CCC(N2Cc3cc(OF)ccc3C2=O)C(=O)N1. The molecule has 0 spiro atoms. The van der Waals surface area contributed by atoms with E-state index in [-0.39, 0.29) is 30.5 Å². The van der Waals surface area contributed by atoms with Crippen LogP contribution in [0.4, 0.5) is 4.53 Å². The minimum absolute atomic E-state index is 0.0154. The van der Waals surface area contributed by atoms with Gasteiger partial charge in [0, 0.05) is 23.1 Å². The van der Waals surface area contributed by atoms with Crippen LogP contribution in [-0.2, 0) is 16.1 Å². The lowest BCUT2D eigenvalue weighted by Crippen LogP contribution is -2.52. The maximum atomic E-state index is 12.2. The number of nitrogens with one attached hydrogen (secondary N) is 1. The molecule has 1 atom stereocenters. The van der Waals surface area contributed by atoms with Gasteiger partial charge in [0.05, 0.1) is 0 Å². The van der Waals surface area contributed by atoms with E-state index in [1.807, 2.05) is 0 Å². The summed E-state index contributed by atoms with van der Waals surface area (Å²) < 4.78 is 12.1. The summed E-state index contributed by atoms with van der Waals surface area (Å²) in [6, 6.07) is 3.59. The highest BCUT2D eigenvalue weighted by Gasteiger charge is 2.39. The highest BCUT2D eigenvalue weighted by atomic mass is 19.3. The number of amides is 3. The van der Waals surface area contributed by atoms with Crippen molar-refractivity contribution in [3.8, 4) is 5.75 Å². The number of hydrogen-bond acceptors (Lipinski definition) is 4. The lowest BCUT2D eigenvalue weighted by Gasteiger charge is -2.29. The van der Waals surface area contributed by atoms with Gasteiger partial charge >= 0.3 is 0 Å². The average molecular weight is 278 g/mol. The molecule has 1 saturated heterocycles. The summed E-state index contributed by atoms with van der Waals surface area (Å²) in [5.41, 5.74) is 1.03. The van der Waals surface area contributed by atoms with E-state index in [1.54, 1.807) is 0 Å². The Morgan fingerprint density at radius 3 is 2.80 bits per heavy atom. The minimum Gasteiger partial charge on any atom is -0.322 e. The van der Waals surface area contributed by atoms with Gasteiger partial charge in [-0.3, -0.25) is 24.6 Å². The van der Waals surface area contributed by atoms with Gasteiger partial charge < -0.3 is 4.90 Å². The van der Waals surface area contributed by atoms with E-state index in [0.29, 0.717) is 17.5 Å². The van der Waals surface area contributed by atoms with Crippen molar-refractivity contribution in [1.29, 1.82) is 0 Å². The molecule has 1 fully saturated rings. The predicted molar refractivity (Wildman–Crippen MR) is 64.2 cm³/mol. The summed E-state index contributed by atoms with van der Waals surface area (Å²) in [5.74, 6) is -1.07. The fourth-order valence-corrected chi connectivity index (χ4v) is 2.60. The first-order valence-electron chi connectivity index (χ1n) is 6.16. The molecule has 0 bridgehead atoms. The molecule has 2 aliphatic rings. The predicted octanol–water partition coefficient (Wildman–Crippen LogP) is 0.711. The van der Waals surface area contributed by atoms with Gasteiger partial charge in [0.25, 0.3) is 5.91 Å². The third-order valence-electron chi connectivity index (χ3n) is 3.58. The van der Waals surface area contributed by atoms with Gasteiger partial charge in [0.15, 0.2) is 5.75 Å². The van der Waals surface area contributed by atoms with Gasteiger partial charge in [-0.25, -0.2) is 0 Å². The van der Waals surface area contributed by atoms with E-state index in [9.17, 15) is 18.9 Å². The van der Waals surface area contributed by atoms with Crippen molar-refractivity contribution in [2.75, 3.05) is 0 Å². The Morgan fingerprint density at radius 1 is 1.30 bits per heavy atom. The van der Waals surface area contributed by atoms with E-state index in [1.165, 1.54) is 23.1 Å². The Hall–Kier alpha value is -2.44. The van der Waals surface area contributed by atoms with Crippen LogP contribution in [-0.4, -0.2) is 28.7 Å². The monoisotopic (exact) mass is 278 g/mol. The molecule has 0 aromatic heterocycles. The Labute approximate surface area is 113 Å². The zero-order chi connectivity index (χ0) is 14.3. The van der Waals surface area contributed by atoms with Crippen LogP contribution in [0.5, 0.6) is 5.75 Å². The zero-order valence-corrected chi connectivity index (χ0v) is 10.4. The first-order valence-corrected chi connectivity index (χ1v) is 6.16. The molecule has 6 nitrogen and oxygen atoms in total. The second-order valence-corrected chi connectivity index (χ2v) is 4.80. The lowest BCUT2D eigenvalue weighted by atomic mass is 10.0. The first-order chi connectivity index (χ1) is 9.60. The molecule has 3 rings (SSSR count). The van der Waals surface area contributed by atoms with Crippen LogP contribution in [0.15, 0.2) is 18.2 Å². The Balaban J connectivity index is 1.86. The van der Waals surface area contributed by atoms with E-state index in [0.717, 1.165) is 0 Å². The third-order valence-corrected chi connectivity index (χ3v) is 3.58. The van der Waals surface area contributed by atoms with E-state index in [4.69, 9.17) is 0 Å². The van der Waals surface area contributed by atoms with Crippen LogP contribution in [0.3, 0.4) is 0 Å². The summed E-state index contributed by atoms with van der Waals surface area (Å²) in [4.78, 5) is 40.2. The van der Waals surface area contributed by atoms with Crippen LogP contribution >= 0.6 is 0 Å². The van der Waals surface area contributed by atoms with Gasteiger partial charge in [0.2, 0.25) is 11.8 Å². The van der Waals surface area contributed by atoms with Crippen molar-refractivity contribution >= 4 is 17.7 Å². The number of benzene rings is 1. The van der Waals surface area contributed by atoms with Gasteiger partial charge in [0.1, 0.15) is 6.04 Å². The number of carbonyl (C=O) groups excluding carboxylic acids is 3. The average Bonchev–Trinajstić information content (AvgIpc) is 2.75. The molecule has 2 aliphatic heterocycles. The second-order valence-electron chi connectivity index (χ2n) is 4.80. The molecule has 1 unspecified atom stereocenters. The van der Waals surface area contributed by atoms with E-state index >= 15 is 0 Å². The molecule has 0 radical (unpaired) electrons. The van der Waals surface area contributed by atoms with Crippen LogP contribution in [0.25, 0.3) is 0 Å². The van der Waals surface area contributed by atoms with Gasteiger partial charge in [-0.05, 0) is 30.2 Å². The lowest BCUT2D eigenvalue weighted by molar-refractivity contribution is -0.136. The van der Waals surface area contributed by atoms with Gasteiger partial charge in [-0.1, -0.05) is 0 Å². The molecule has 2 heterocycles. The Bertz CT molecular complexity index is 616. The zero-order valence-electron chi connectivity index (χ0n) is 10.4. The van der Waals surface area contributed by atoms with Crippen molar-refractivity contribution < 1.29 is 23.9 Å². The maximum Gasteiger partial charge on any atom is 0.255 e. The summed E-state index contributed by atoms with van der Waals surface area (Å²) in [6.45, 7) is 0.206. The second kappa shape index (κ2) is 4.59. The molecule has 1 aromatic rings. The fraction of sp³-hybridized carbons (Fsp3) is 0.308. The molecule has 1 N–H and O–H groups in total. The summed E-state index contributed by atoms with van der Waals surface area (Å²) >= 11 is 0. The van der Waals surface area contributed by atoms with Crippen molar-refractivity contribution in [3.05, 3.63) is 29.3 Å². The third kappa shape index (κ3) is 1.91. The molecular weight excluding hydrogens is 267 g/mol. The number of fused-ring (bicyclic) bond motifs is 1. The van der Waals surface area contributed by atoms with Crippen LogP contribution in [0.1, 0.15) is 28.8 Å². The first kappa shape index (κ1) is 12.6.